The summed E-state index contributed by atoms with van der Waals surface area (Å²) in [4.78, 5) is 23.7. The molecule has 0 bridgehead atoms. The van der Waals surface area contributed by atoms with E-state index in [1.807, 2.05) is 18.3 Å². The third-order valence-electron chi connectivity index (χ3n) is 7.09. The van der Waals surface area contributed by atoms with Crippen LogP contribution in [0.3, 0.4) is 0 Å². The van der Waals surface area contributed by atoms with Gasteiger partial charge in [0.25, 0.3) is 0 Å². The standard InChI is InChI=1S/C23H22ClN3OS/c24-20-17-6-1-2-7-19(17)29-21(20)18-11-16-14-26(13-15-5-3-9-25-12-15)22(28)23(16)8-4-10-27(18)23/h1-3,5-7,9,12,16,18H,4,8,10-11,13-14H2/t16-,18-,23-/m0/s1. The van der Waals surface area contributed by atoms with Gasteiger partial charge in [-0.15, -0.1) is 11.3 Å². The first-order valence-electron chi connectivity index (χ1n) is 10.3. The smallest absolute Gasteiger partial charge is 0.243 e. The maximum Gasteiger partial charge on any atom is 0.243 e. The molecule has 0 saturated carbocycles. The van der Waals surface area contributed by atoms with Crippen molar-refractivity contribution in [1.82, 2.24) is 14.8 Å². The van der Waals surface area contributed by atoms with Gasteiger partial charge in [-0.3, -0.25) is 14.7 Å². The second kappa shape index (κ2) is 6.53. The van der Waals surface area contributed by atoms with Gasteiger partial charge in [-0.2, -0.15) is 0 Å². The molecule has 3 aliphatic rings. The van der Waals surface area contributed by atoms with Crippen LogP contribution in [0.25, 0.3) is 10.1 Å². The van der Waals surface area contributed by atoms with E-state index in [2.05, 4.69) is 39.0 Å². The number of rotatable bonds is 3. The van der Waals surface area contributed by atoms with Crippen LogP contribution in [0.5, 0.6) is 0 Å². The fourth-order valence-corrected chi connectivity index (χ4v) is 7.61. The zero-order valence-corrected chi connectivity index (χ0v) is 17.6. The number of fused-ring (bicyclic) bond motifs is 1. The molecule has 5 heterocycles. The molecule has 3 fully saturated rings. The van der Waals surface area contributed by atoms with E-state index in [-0.39, 0.29) is 11.6 Å². The normalized spacial score (nSPS) is 29.0. The molecule has 0 unspecified atom stereocenters. The first-order valence-corrected chi connectivity index (χ1v) is 11.5. The van der Waals surface area contributed by atoms with Crippen LogP contribution in [0.15, 0.2) is 48.8 Å². The van der Waals surface area contributed by atoms with Crippen molar-refractivity contribution in [3.63, 3.8) is 0 Å². The Balaban J connectivity index is 1.34. The summed E-state index contributed by atoms with van der Waals surface area (Å²) in [6.45, 7) is 2.48. The Morgan fingerprint density at radius 1 is 1.24 bits per heavy atom. The minimum Gasteiger partial charge on any atom is -0.336 e. The molecule has 0 radical (unpaired) electrons. The largest absolute Gasteiger partial charge is 0.336 e. The Morgan fingerprint density at radius 3 is 2.97 bits per heavy atom. The fourth-order valence-electron chi connectivity index (χ4n) is 5.92. The van der Waals surface area contributed by atoms with Crippen molar-refractivity contribution in [3.8, 4) is 0 Å². The monoisotopic (exact) mass is 423 g/mol. The van der Waals surface area contributed by atoms with Crippen molar-refractivity contribution >= 4 is 38.9 Å². The van der Waals surface area contributed by atoms with Crippen molar-refractivity contribution in [2.24, 2.45) is 5.92 Å². The lowest BCUT2D eigenvalue weighted by Crippen LogP contribution is -2.49. The number of carbonyl (C=O) groups is 1. The Morgan fingerprint density at radius 2 is 2.14 bits per heavy atom. The zero-order valence-electron chi connectivity index (χ0n) is 16.1. The molecular formula is C23H22ClN3OS. The molecule has 3 saturated heterocycles. The summed E-state index contributed by atoms with van der Waals surface area (Å²) in [5.74, 6) is 0.684. The molecule has 29 heavy (non-hydrogen) atoms. The Hall–Kier alpha value is -1.95. The number of benzene rings is 1. The lowest BCUT2D eigenvalue weighted by Gasteiger charge is -2.33. The van der Waals surface area contributed by atoms with Gasteiger partial charge in [-0.1, -0.05) is 35.9 Å². The number of nitrogens with zero attached hydrogens (tertiary/aromatic N) is 3. The van der Waals surface area contributed by atoms with Crippen LogP contribution in [0.2, 0.25) is 5.02 Å². The Labute approximate surface area is 179 Å². The van der Waals surface area contributed by atoms with Crippen molar-refractivity contribution in [2.45, 2.75) is 37.4 Å². The molecule has 148 valence electrons. The van der Waals surface area contributed by atoms with Crippen molar-refractivity contribution < 1.29 is 4.79 Å². The summed E-state index contributed by atoms with van der Waals surface area (Å²) >= 11 is 8.64. The topological polar surface area (TPSA) is 36.4 Å². The molecule has 2 aromatic heterocycles. The third kappa shape index (κ3) is 2.47. The molecule has 3 aromatic rings. The number of amides is 1. The first-order chi connectivity index (χ1) is 14.2. The fraction of sp³-hybridized carbons (Fsp3) is 0.391. The van der Waals surface area contributed by atoms with Crippen LogP contribution in [0, 0.1) is 5.92 Å². The first kappa shape index (κ1) is 17.9. The van der Waals surface area contributed by atoms with Gasteiger partial charge in [0.2, 0.25) is 5.91 Å². The van der Waals surface area contributed by atoms with Crippen LogP contribution < -0.4 is 0 Å². The second-order valence-electron chi connectivity index (χ2n) is 8.49. The molecule has 1 aromatic carbocycles. The van der Waals surface area contributed by atoms with Gasteiger partial charge in [-0.05, 0) is 43.5 Å². The Kier molecular flexibility index (Phi) is 4.02. The number of halogens is 1. The van der Waals surface area contributed by atoms with E-state index >= 15 is 0 Å². The van der Waals surface area contributed by atoms with Crippen LogP contribution in [-0.4, -0.2) is 39.3 Å². The van der Waals surface area contributed by atoms with Crippen molar-refractivity contribution in [2.75, 3.05) is 13.1 Å². The summed E-state index contributed by atoms with van der Waals surface area (Å²) in [6.07, 6.45) is 6.72. The molecule has 1 amide bonds. The van der Waals surface area contributed by atoms with E-state index in [1.165, 1.54) is 9.58 Å². The summed E-state index contributed by atoms with van der Waals surface area (Å²) in [5, 5.41) is 2.03. The van der Waals surface area contributed by atoms with Crippen molar-refractivity contribution in [1.29, 1.82) is 0 Å². The second-order valence-corrected chi connectivity index (χ2v) is 9.95. The predicted molar refractivity (Wildman–Crippen MR) is 116 cm³/mol. The lowest BCUT2D eigenvalue weighted by molar-refractivity contribution is -0.137. The van der Waals surface area contributed by atoms with E-state index in [0.717, 1.165) is 48.3 Å². The van der Waals surface area contributed by atoms with E-state index in [1.54, 1.807) is 17.5 Å². The predicted octanol–water partition coefficient (Wildman–Crippen LogP) is 4.89. The molecular weight excluding hydrogens is 402 g/mol. The Bertz CT molecular complexity index is 1100. The van der Waals surface area contributed by atoms with E-state index in [4.69, 9.17) is 11.6 Å². The number of hydrogen-bond acceptors (Lipinski definition) is 4. The number of hydrogen-bond donors (Lipinski definition) is 0. The highest BCUT2D eigenvalue weighted by atomic mass is 35.5. The van der Waals surface area contributed by atoms with Gasteiger partial charge >= 0.3 is 0 Å². The van der Waals surface area contributed by atoms with Crippen molar-refractivity contribution in [3.05, 3.63) is 64.3 Å². The molecule has 3 atom stereocenters. The van der Waals surface area contributed by atoms with E-state index in [9.17, 15) is 4.79 Å². The molecule has 0 N–H and O–H groups in total. The van der Waals surface area contributed by atoms with Gasteiger partial charge in [-0.25, -0.2) is 0 Å². The quantitative estimate of drug-likeness (QED) is 0.601. The summed E-state index contributed by atoms with van der Waals surface area (Å²) in [7, 11) is 0. The maximum atomic E-state index is 13.7. The number of likely N-dealkylation sites (tertiary alicyclic amines) is 1. The number of thiophene rings is 1. The van der Waals surface area contributed by atoms with Crippen LogP contribution >= 0.6 is 22.9 Å². The summed E-state index contributed by atoms with van der Waals surface area (Å²) in [6, 6.07) is 12.6. The number of carbonyl (C=O) groups excluding carboxylic acids is 1. The number of pyridine rings is 1. The molecule has 6 heteroatoms. The molecule has 0 aliphatic carbocycles. The molecule has 3 aliphatic heterocycles. The average Bonchev–Trinajstić information content (AvgIpc) is 3.45. The lowest BCUT2D eigenvalue weighted by atomic mass is 9.85. The number of aromatic nitrogens is 1. The van der Waals surface area contributed by atoms with E-state index in [0.29, 0.717) is 18.4 Å². The van der Waals surface area contributed by atoms with Crippen LogP contribution in [0.4, 0.5) is 0 Å². The van der Waals surface area contributed by atoms with Gasteiger partial charge in [0, 0.05) is 52.4 Å². The highest BCUT2D eigenvalue weighted by Gasteiger charge is 2.65. The minimum absolute atomic E-state index is 0.261. The molecule has 6 rings (SSSR count). The SMILES string of the molecule is O=C1N(Cc2cccnc2)C[C@@H]2C[C@@H](c3sc4ccccc4c3Cl)N3CCC[C@@]123. The average molecular weight is 424 g/mol. The van der Waals surface area contributed by atoms with Crippen LogP contribution in [-0.2, 0) is 11.3 Å². The summed E-state index contributed by atoms with van der Waals surface area (Å²) in [5.41, 5.74) is 0.776. The molecule has 4 nitrogen and oxygen atoms in total. The van der Waals surface area contributed by atoms with Crippen LogP contribution in [0.1, 0.15) is 35.7 Å². The molecule has 1 spiro atoms. The third-order valence-corrected chi connectivity index (χ3v) is 8.88. The summed E-state index contributed by atoms with van der Waals surface area (Å²) < 4.78 is 1.24. The maximum absolute atomic E-state index is 13.7. The van der Waals surface area contributed by atoms with Gasteiger partial charge in [0.15, 0.2) is 0 Å². The van der Waals surface area contributed by atoms with Gasteiger partial charge in [0.05, 0.1) is 5.02 Å². The minimum atomic E-state index is -0.327. The van der Waals surface area contributed by atoms with Gasteiger partial charge < -0.3 is 4.90 Å². The zero-order chi connectivity index (χ0) is 19.6. The highest BCUT2D eigenvalue weighted by Crippen LogP contribution is 2.58. The van der Waals surface area contributed by atoms with E-state index < -0.39 is 0 Å². The van der Waals surface area contributed by atoms with Gasteiger partial charge in [0.1, 0.15) is 5.54 Å². The highest BCUT2D eigenvalue weighted by molar-refractivity contribution is 7.19.